The van der Waals surface area contributed by atoms with E-state index >= 15 is 0 Å². The van der Waals surface area contributed by atoms with Crippen molar-refractivity contribution in [1.29, 1.82) is 0 Å². The predicted molar refractivity (Wildman–Crippen MR) is 72.6 cm³/mol. The van der Waals surface area contributed by atoms with Crippen LogP contribution in [0.3, 0.4) is 0 Å². The van der Waals surface area contributed by atoms with Crippen molar-refractivity contribution in [1.82, 2.24) is 10.2 Å². The number of carbonyl (C=O) groups is 1. The molecule has 1 aromatic heterocycles. The summed E-state index contributed by atoms with van der Waals surface area (Å²) in [5, 5.41) is 4.75. The minimum Gasteiger partial charge on any atom is -0.377 e. The van der Waals surface area contributed by atoms with Crippen molar-refractivity contribution in [2.45, 2.75) is 25.5 Å². The third-order valence-electron chi connectivity index (χ3n) is 3.09. The van der Waals surface area contributed by atoms with Crippen molar-refractivity contribution in [3.8, 4) is 0 Å². The van der Waals surface area contributed by atoms with Crippen LogP contribution in [-0.4, -0.2) is 43.7 Å². The maximum atomic E-state index is 11.5. The molecule has 5 heteroatoms. The first-order valence-electron chi connectivity index (χ1n) is 6.35. The lowest BCUT2D eigenvalue weighted by atomic mass is 10.2. The molecule has 1 aromatic rings. The zero-order valence-electron chi connectivity index (χ0n) is 10.7. The topological polar surface area (TPSA) is 41.6 Å². The van der Waals surface area contributed by atoms with E-state index in [-0.39, 0.29) is 12.0 Å². The number of hydrogen-bond acceptors (Lipinski definition) is 4. The van der Waals surface area contributed by atoms with Crippen LogP contribution in [0.2, 0.25) is 0 Å². The Morgan fingerprint density at radius 1 is 1.67 bits per heavy atom. The molecule has 1 aliphatic heterocycles. The molecule has 18 heavy (non-hydrogen) atoms. The number of rotatable bonds is 6. The average Bonchev–Trinajstić information content (AvgIpc) is 3.02. The van der Waals surface area contributed by atoms with Crippen LogP contribution < -0.4 is 5.32 Å². The molecule has 1 amide bonds. The van der Waals surface area contributed by atoms with Crippen LogP contribution in [0, 0.1) is 0 Å². The molecule has 100 valence electrons. The van der Waals surface area contributed by atoms with Crippen molar-refractivity contribution in [3.05, 3.63) is 22.4 Å². The maximum absolute atomic E-state index is 11.5. The SMILES string of the molecule is CNC(=O)CN(Cc1cccs1)CC1CCCO1. The Labute approximate surface area is 112 Å². The van der Waals surface area contributed by atoms with Gasteiger partial charge in [-0.25, -0.2) is 0 Å². The normalized spacial score (nSPS) is 19.3. The van der Waals surface area contributed by atoms with Gasteiger partial charge in [0.05, 0.1) is 12.6 Å². The Morgan fingerprint density at radius 2 is 2.56 bits per heavy atom. The summed E-state index contributed by atoms with van der Waals surface area (Å²) in [5.74, 6) is 0.0598. The standard InChI is InChI=1S/C13H20N2O2S/c1-14-13(16)10-15(8-11-4-2-6-17-11)9-12-5-3-7-18-12/h3,5,7,11H,2,4,6,8-10H2,1H3,(H,14,16). The number of ether oxygens (including phenoxy) is 1. The monoisotopic (exact) mass is 268 g/mol. The van der Waals surface area contributed by atoms with Crippen LogP contribution in [0.5, 0.6) is 0 Å². The summed E-state index contributed by atoms with van der Waals surface area (Å²) in [6, 6.07) is 4.15. The molecular formula is C13H20N2O2S. The minimum atomic E-state index is 0.0598. The molecule has 0 radical (unpaired) electrons. The molecule has 4 nitrogen and oxygen atoms in total. The molecule has 0 spiro atoms. The van der Waals surface area contributed by atoms with Gasteiger partial charge >= 0.3 is 0 Å². The molecule has 0 aliphatic carbocycles. The Morgan fingerprint density at radius 3 is 3.17 bits per heavy atom. The molecular weight excluding hydrogens is 248 g/mol. The summed E-state index contributed by atoms with van der Waals surface area (Å²) < 4.78 is 5.65. The van der Waals surface area contributed by atoms with Crippen molar-refractivity contribution in [3.63, 3.8) is 0 Å². The fourth-order valence-corrected chi connectivity index (χ4v) is 2.91. The predicted octanol–water partition coefficient (Wildman–Crippen LogP) is 1.48. The second-order valence-corrected chi connectivity index (χ2v) is 5.59. The molecule has 0 aromatic carbocycles. The lowest BCUT2D eigenvalue weighted by Crippen LogP contribution is -2.39. The number of carbonyl (C=O) groups excluding carboxylic acids is 1. The van der Waals surface area contributed by atoms with Crippen LogP contribution in [-0.2, 0) is 16.1 Å². The highest BCUT2D eigenvalue weighted by Gasteiger charge is 2.20. The van der Waals surface area contributed by atoms with Crippen LogP contribution in [0.25, 0.3) is 0 Å². The number of nitrogens with one attached hydrogen (secondary N) is 1. The van der Waals surface area contributed by atoms with E-state index in [1.165, 1.54) is 4.88 Å². The van der Waals surface area contributed by atoms with Gasteiger partial charge in [-0.15, -0.1) is 11.3 Å². The van der Waals surface area contributed by atoms with E-state index in [2.05, 4.69) is 21.7 Å². The zero-order valence-corrected chi connectivity index (χ0v) is 11.5. The number of nitrogens with zero attached hydrogens (tertiary/aromatic N) is 1. The molecule has 2 heterocycles. The first-order valence-corrected chi connectivity index (χ1v) is 7.23. The molecule has 1 N–H and O–H groups in total. The second-order valence-electron chi connectivity index (χ2n) is 4.56. The summed E-state index contributed by atoms with van der Waals surface area (Å²) in [5.41, 5.74) is 0. The molecule has 1 aliphatic rings. The van der Waals surface area contributed by atoms with Gasteiger partial charge in [0.25, 0.3) is 0 Å². The molecule has 1 unspecified atom stereocenters. The molecule has 1 atom stereocenters. The van der Waals surface area contributed by atoms with E-state index in [1.807, 2.05) is 6.07 Å². The Hall–Kier alpha value is -0.910. The summed E-state index contributed by atoms with van der Waals surface area (Å²) in [6.45, 7) is 2.96. The van der Waals surface area contributed by atoms with E-state index in [0.717, 1.165) is 32.5 Å². The summed E-state index contributed by atoms with van der Waals surface area (Å²) in [6.07, 6.45) is 2.53. The van der Waals surface area contributed by atoms with E-state index in [9.17, 15) is 4.79 Å². The highest BCUT2D eigenvalue weighted by molar-refractivity contribution is 7.09. The van der Waals surface area contributed by atoms with Gasteiger partial charge < -0.3 is 10.1 Å². The second kappa shape index (κ2) is 6.87. The number of amides is 1. The van der Waals surface area contributed by atoms with Crippen LogP contribution in [0.1, 0.15) is 17.7 Å². The molecule has 0 saturated carbocycles. The van der Waals surface area contributed by atoms with E-state index in [1.54, 1.807) is 18.4 Å². The Kier molecular flexibility index (Phi) is 5.16. The van der Waals surface area contributed by atoms with Gasteiger partial charge in [0.2, 0.25) is 5.91 Å². The summed E-state index contributed by atoms with van der Waals surface area (Å²) in [7, 11) is 1.68. The Balaban J connectivity index is 1.90. The number of thiophene rings is 1. The van der Waals surface area contributed by atoms with Crippen molar-refractivity contribution < 1.29 is 9.53 Å². The van der Waals surface area contributed by atoms with Crippen LogP contribution in [0.4, 0.5) is 0 Å². The maximum Gasteiger partial charge on any atom is 0.233 e. The van der Waals surface area contributed by atoms with Gasteiger partial charge in [-0.3, -0.25) is 9.69 Å². The fraction of sp³-hybridized carbons (Fsp3) is 0.615. The lowest BCUT2D eigenvalue weighted by molar-refractivity contribution is -0.122. The van der Waals surface area contributed by atoms with Crippen molar-refractivity contribution in [2.24, 2.45) is 0 Å². The van der Waals surface area contributed by atoms with E-state index in [0.29, 0.717) is 6.54 Å². The summed E-state index contributed by atoms with van der Waals surface area (Å²) in [4.78, 5) is 15.0. The third kappa shape index (κ3) is 4.08. The average molecular weight is 268 g/mol. The Bertz CT molecular complexity index is 361. The van der Waals surface area contributed by atoms with Gasteiger partial charge in [-0.05, 0) is 24.3 Å². The summed E-state index contributed by atoms with van der Waals surface area (Å²) >= 11 is 1.73. The quantitative estimate of drug-likeness (QED) is 0.849. The minimum absolute atomic E-state index is 0.0598. The number of likely N-dealkylation sites (N-methyl/N-ethyl adjacent to an activating group) is 1. The molecule has 1 fully saturated rings. The zero-order chi connectivity index (χ0) is 12.8. The van der Waals surface area contributed by atoms with Gasteiger partial charge in [0.15, 0.2) is 0 Å². The molecule has 1 saturated heterocycles. The van der Waals surface area contributed by atoms with Gasteiger partial charge in [-0.2, -0.15) is 0 Å². The van der Waals surface area contributed by atoms with Crippen LogP contribution >= 0.6 is 11.3 Å². The fourth-order valence-electron chi connectivity index (χ4n) is 2.17. The van der Waals surface area contributed by atoms with Gasteiger partial charge in [-0.1, -0.05) is 6.07 Å². The van der Waals surface area contributed by atoms with E-state index < -0.39 is 0 Å². The largest absolute Gasteiger partial charge is 0.377 e. The van der Waals surface area contributed by atoms with Crippen LogP contribution in [0.15, 0.2) is 17.5 Å². The highest BCUT2D eigenvalue weighted by atomic mass is 32.1. The van der Waals surface area contributed by atoms with Gasteiger partial charge in [0.1, 0.15) is 0 Å². The first-order chi connectivity index (χ1) is 8.78. The highest BCUT2D eigenvalue weighted by Crippen LogP contribution is 2.16. The van der Waals surface area contributed by atoms with Crippen molar-refractivity contribution in [2.75, 3.05) is 26.7 Å². The van der Waals surface area contributed by atoms with Crippen molar-refractivity contribution >= 4 is 17.2 Å². The smallest absolute Gasteiger partial charge is 0.233 e. The molecule has 2 rings (SSSR count). The third-order valence-corrected chi connectivity index (χ3v) is 3.95. The lowest BCUT2D eigenvalue weighted by Gasteiger charge is -2.23. The van der Waals surface area contributed by atoms with E-state index in [4.69, 9.17) is 4.74 Å². The number of hydrogen-bond donors (Lipinski definition) is 1. The molecule has 0 bridgehead atoms. The van der Waals surface area contributed by atoms with Gasteiger partial charge in [0, 0.05) is 31.6 Å². The first kappa shape index (κ1) is 13.5.